The lowest BCUT2D eigenvalue weighted by molar-refractivity contribution is 0.629. The number of H-pyrrole nitrogens is 2. The zero-order valence-corrected chi connectivity index (χ0v) is 7.79. The van der Waals surface area contributed by atoms with Gasteiger partial charge < -0.3 is 4.98 Å². The van der Waals surface area contributed by atoms with Crippen LogP contribution in [-0.4, -0.2) is 15.2 Å². The minimum Gasteiger partial charge on any atom is -0.360 e. The van der Waals surface area contributed by atoms with Crippen molar-refractivity contribution in [3.63, 3.8) is 0 Å². The molecule has 0 radical (unpaired) electrons. The number of aromatic nitrogens is 3. The molecule has 0 atom stereocenters. The molecule has 3 nitrogen and oxygen atoms in total. The third-order valence-electron chi connectivity index (χ3n) is 2.45. The first kappa shape index (κ1) is 8.23. The van der Waals surface area contributed by atoms with Crippen molar-refractivity contribution in [2.45, 2.75) is 0 Å². The van der Waals surface area contributed by atoms with Crippen LogP contribution < -0.4 is 0 Å². The molecule has 15 heavy (non-hydrogen) atoms. The Morgan fingerprint density at radius 1 is 1.20 bits per heavy atom. The summed E-state index contributed by atoms with van der Waals surface area (Å²) in [6.45, 7) is 0. The van der Waals surface area contributed by atoms with Gasteiger partial charge in [-0.2, -0.15) is 5.10 Å². The van der Waals surface area contributed by atoms with E-state index in [-0.39, 0.29) is 5.82 Å². The molecule has 0 unspecified atom stereocenters. The van der Waals surface area contributed by atoms with Crippen molar-refractivity contribution in [1.82, 2.24) is 15.2 Å². The predicted octanol–water partition coefficient (Wildman–Crippen LogP) is 2.70. The first-order valence-corrected chi connectivity index (χ1v) is 4.60. The monoisotopic (exact) mass is 201 g/mol. The Hall–Kier alpha value is -2.10. The van der Waals surface area contributed by atoms with Gasteiger partial charge in [-0.25, -0.2) is 4.39 Å². The fourth-order valence-electron chi connectivity index (χ4n) is 1.74. The van der Waals surface area contributed by atoms with E-state index in [0.717, 1.165) is 22.0 Å². The molecule has 2 N–H and O–H groups in total. The topological polar surface area (TPSA) is 44.5 Å². The maximum atomic E-state index is 12.9. The van der Waals surface area contributed by atoms with Crippen LogP contribution in [0.1, 0.15) is 0 Å². The van der Waals surface area contributed by atoms with Gasteiger partial charge in [0, 0.05) is 34.4 Å². The number of halogens is 1. The van der Waals surface area contributed by atoms with E-state index >= 15 is 0 Å². The van der Waals surface area contributed by atoms with Gasteiger partial charge in [0.2, 0.25) is 0 Å². The molecule has 0 aliphatic rings. The van der Waals surface area contributed by atoms with Crippen LogP contribution in [0.5, 0.6) is 0 Å². The summed E-state index contributed by atoms with van der Waals surface area (Å²) >= 11 is 0. The molecule has 74 valence electrons. The van der Waals surface area contributed by atoms with E-state index < -0.39 is 0 Å². The predicted molar refractivity (Wildman–Crippen MR) is 55.8 cm³/mol. The van der Waals surface area contributed by atoms with Crippen molar-refractivity contribution in [3.05, 3.63) is 42.6 Å². The summed E-state index contributed by atoms with van der Waals surface area (Å²) < 4.78 is 12.9. The van der Waals surface area contributed by atoms with Gasteiger partial charge in [-0.15, -0.1) is 0 Å². The number of fused-ring (bicyclic) bond motifs is 1. The highest BCUT2D eigenvalue weighted by Crippen LogP contribution is 2.27. The van der Waals surface area contributed by atoms with E-state index in [4.69, 9.17) is 0 Å². The van der Waals surface area contributed by atoms with Gasteiger partial charge in [0.1, 0.15) is 5.82 Å². The molecule has 0 spiro atoms. The smallest absolute Gasteiger partial charge is 0.125 e. The van der Waals surface area contributed by atoms with Gasteiger partial charge in [-0.05, 0) is 18.2 Å². The van der Waals surface area contributed by atoms with Gasteiger partial charge in [0.25, 0.3) is 0 Å². The molecule has 0 fully saturated rings. The molecular weight excluding hydrogens is 193 g/mol. The number of nitrogens with one attached hydrogen (secondary N) is 2. The minimum absolute atomic E-state index is 0.233. The van der Waals surface area contributed by atoms with Crippen molar-refractivity contribution in [3.8, 4) is 11.1 Å². The number of hydrogen-bond acceptors (Lipinski definition) is 1. The Bertz CT molecular complexity index is 595. The average molecular weight is 201 g/mol. The summed E-state index contributed by atoms with van der Waals surface area (Å²) in [7, 11) is 0. The number of nitrogens with zero attached hydrogens (tertiary/aromatic N) is 1. The standard InChI is InChI=1S/C11H8FN3/c12-8-1-2-9-10(6-13-11(9)3-8)7-4-14-15-5-7/h1-6,13H,(H,14,15). The highest BCUT2D eigenvalue weighted by Gasteiger charge is 2.06. The van der Waals surface area contributed by atoms with Gasteiger partial charge in [0.05, 0.1) is 6.20 Å². The van der Waals surface area contributed by atoms with Crippen LogP contribution in [-0.2, 0) is 0 Å². The summed E-state index contributed by atoms with van der Waals surface area (Å²) in [4.78, 5) is 3.04. The second-order valence-corrected chi connectivity index (χ2v) is 3.38. The Morgan fingerprint density at radius 2 is 2.13 bits per heavy atom. The van der Waals surface area contributed by atoms with E-state index in [1.807, 2.05) is 12.4 Å². The SMILES string of the molecule is Fc1ccc2c(-c3cn[nH]c3)c[nH]c2c1. The summed E-state index contributed by atoms with van der Waals surface area (Å²) in [6, 6.07) is 4.71. The van der Waals surface area contributed by atoms with Crippen LogP contribution >= 0.6 is 0 Å². The summed E-state index contributed by atoms with van der Waals surface area (Å²) in [5.41, 5.74) is 2.82. The molecule has 2 aromatic heterocycles. The lowest BCUT2D eigenvalue weighted by Crippen LogP contribution is -1.74. The van der Waals surface area contributed by atoms with Crippen molar-refractivity contribution in [2.24, 2.45) is 0 Å². The number of hydrogen-bond donors (Lipinski definition) is 2. The highest BCUT2D eigenvalue weighted by molar-refractivity contribution is 5.95. The van der Waals surface area contributed by atoms with Crippen LogP contribution in [0, 0.1) is 5.82 Å². The minimum atomic E-state index is -0.233. The molecule has 0 aliphatic carbocycles. The van der Waals surface area contributed by atoms with Crippen LogP contribution in [0.4, 0.5) is 4.39 Å². The normalized spacial score (nSPS) is 11.0. The molecule has 0 saturated heterocycles. The van der Waals surface area contributed by atoms with Crippen LogP contribution in [0.15, 0.2) is 36.8 Å². The second kappa shape index (κ2) is 2.95. The van der Waals surface area contributed by atoms with Crippen molar-refractivity contribution in [2.75, 3.05) is 0 Å². The van der Waals surface area contributed by atoms with E-state index in [9.17, 15) is 4.39 Å². The van der Waals surface area contributed by atoms with E-state index in [1.165, 1.54) is 12.1 Å². The van der Waals surface area contributed by atoms with Gasteiger partial charge in [-0.1, -0.05) is 0 Å². The molecule has 0 bridgehead atoms. The van der Waals surface area contributed by atoms with E-state index in [1.54, 1.807) is 12.3 Å². The number of aromatic amines is 2. The largest absolute Gasteiger partial charge is 0.360 e. The molecule has 3 rings (SSSR count). The molecule has 0 saturated carbocycles. The molecule has 0 aliphatic heterocycles. The van der Waals surface area contributed by atoms with E-state index in [0.29, 0.717) is 0 Å². The maximum Gasteiger partial charge on any atom is 0.125 e. The third kappa shape index (κ3) is 1.22. The van der Waals surface area contributed by atoms with Gasteiger partial charge in [-0.3, -0.25) is 5.10 Å². The lowest BCUT2D eigenvalue weighted by atomic mass is 10.1. The summed E-state index contributed by atoms with van der Waals surface area (Å²) in [5, 5.41) is 7.64. The second-order valence-electron chi connectivity index (χ2n) is 3.38. The Balaban J connectivity index is 2.29. The quantitative estimate of drug-likeness (QED) is 0.624. The number of benzene rings is 1. The Kier molecular flexibility index (Phi) is 1.62. The van der Waals surface area contributed by atoms with Gasteiger partial charge in [0.15, 0.2) is 0 Å². The molecule has 3 aromatic rings. The van der Waals surface area contributed by atoms with Crippen LogP contribution in [0.2, 0.25) is 0 Å². The molecule has 2 heterocycles. The van der Waals surface area contributed by atoms with Crippen LogP contribution in [0.3, 0.4) is 0 Å². The highest BCUT2D eigenvalue weighted by atomic mass is 19.1. The Labute approximate surface area is 84.9 Å². The van der Waals surface area contributed by atoms with Crippen molar-refractivity contribution < 1.29 is 4.39 Å². The van der Waals surface area contributed by atoms with Gasteiger partial charge >= 0.3 is 0 Å². The number of rotatable bonds is 1. The molecule has 0 amide bonds. The van der Waals surface area contributed by atoms with Crippen molar-refractivity contribution >= 4 is 10.9 Å². The first-order valence-electron chi connectivity index (χ1n) is 4.60. The molecular formula is C11H8FN3. The fraction of sp³-hybridized carbons (Fsp3) is 0. The summed E-state index contributed by atoms with van der Waals surface area (Å²) in [5.74, 6) is -0.233. The van der Waals surface area contributed by atoms with E-state index in [2.05, 4.69) is 15.2 Å². The van der Waals surface area contributed by atoms with Crippen molar-refractivity contribution in [1.29, 1.82) is 0 Å². The zero-order valence-electron chi connectivity index (χ0n) is 7.79. The molecule has 1 aromatic carbocycles. The first-order chi connectivity index (χ1) is 7.34. The average Bonchev–Trinajstić information content (AvgIpc) is 2.82. The Morgan fingerprint density at radius 3 is 2.93 bits per heavy atom. The molecule has 4 heteroatoms. The lowest BCUT2D eigenvalue weighted by Gasteiger charge is -1.94. The maximum absolute atomic E-state index is 12.9. The zero-order chi connectivity index (χ0) is 10.3. The fourth-order valence-corrected chi connectivity index (χ4v) is 1.74. The summed E-state index contributed by atoms with van der Waals surface area (Å²) in [6.07, 6.45) is 5.41. The third-order valence-corrected chi connectivity index (χ3v) is 2.45. The van der Waals surface area contributed by atoms with Crippen LogP contribution in [0.25, 0.3) is 22.0 Å².